The number of hydrogen-bond donors (Lipinski definition) is 2. The molecule has 0 saturated carbocycles. The summed E-state index contributed by atoms with van der Waals surface area (Å²) in [5.41, 5.74) is 6.48. The molecule has 0 aliphatic carbocycles. The Hall–Kier alpha value is -1.88. The molecule has 0 radical (unpaired) electrons. The maximum Gasteiger partial charge on any atom is 0.343 e. The van der Waals surface area contributed by atoms with E-state index in [1.807, 2.05) is 37.3 Å². The smallest absolute Gasteiger partial charge is 0.324 e. The molecule has 2 rings (SSSR count). The second kappa shape index (κ2) is 4.97. The summed E-state index contributed by atoms with van der Waals surface area (Å²) in [7, 11) is 0. The van der Waals surface area contributed by atoms with E-state index in [9.17, 15) is 4.79 Å². The molecule has 0 saturated heterocycles. The number of aromatic amines is 1. The predicted molar refractivity (Wildman–Crippen MR) is 65.6 cm³/mol. The lowest BCUT2D eigenvalue weighted by molar-refractivity contribution is 0.527. The summed E-state index contributed by atoms with van der Waals surface area (Å²) in [5, 5.41) is 6.38. The van der Waals surface area contributed by atoms with Crippen LogP contribution in [0.5, 0.6) is 0 Å². The summed E-state index contributed by atoms with van der Waals surface area (Å²) in [4.78, 5) is 11.8. The van der Waals surface area contributed by atoms with Gasteiger partial charge in [0.05, 0.1) is 12.6 Å². The summed E-state index contributed by atoms with van der Waals surface area (Å²) in [6.07, 6.45) is 0.816. The molecule has 1 heterocycles. The molecule has 0 aliphatic rings. The van der Waals surface area contributed by atoms with Crippen LogP contribution in [0.2, 0.25) is 0 Å². The Morgan fingerprint density at radius 1 is 1.41 bits per heavy atom. The number of nitrogens with one attached hydrogen (secondary N) is 1. The first-order chi connectivity index (χ1) is 8.27. The number of hydrogen-bond acceptors (Lipinski definition) is 3. The lowest BCUT2D eigenvalue weighted by Crippen LogP contribution is -2.25. The van der Waals surface area contributed by atoms with Crippen LogP contribution in [0.1, 0.15) is 30.8 Å². The minimum Gasteiger partial charge on any atom is -0.324 e. The van der Waals surface area contributed by atoms with Gasteiger partial charge in [-0.3, -0.25) is 4.57 Å². The summed E-state index contributed by atoms with van der Waals surface area (Å²) in [6, 6.07) is 9.89. The Labute approximate surface area is 99.3 Å². The van der Waals surface area contributed by atoms with Crippen LogP contribution >= 0.6 is 0 Å². The first-order valence-corrected chi connectivity index (χ1v) is 5.68. The minimum atomic E-state index is -0.207. The first-order valence-electron chi connectivity index (χ1n) is 5.68. The molecule has 5 heteroatoms. The van der Waals surface area contributed by atoms with Gasteiger partial charge in [-0.2, -0.15) is 5.10 Å². The Morgan fingerprint density at radius 3 is 2.71 bits per heavy atom. The number of rotatable bonds is 4. The molecule has 2 aromatic rings. The molecule has 0 spiro atoms. The van der Waals surface area contributed by atoms with Gasteiger partial charge in [0.15, 0.2) is 0 Å². The summed E-state index contributed by atoms with van der Waals surface area (Å²) < 4.78 is 1.63. The van der Waals surface area contributed by atoms with Crippen LogP contribution < -0.4 is 11.4 Å². The van der Waals surface area contributed by atoms with Gasteiger partial charge in [0.25, 0.3) is 0 Å². The average Bonchev–Trinajstić information content (AvgIpc) is 2.74. The fraction of sp³-hybridized carbons (Fsp3) is 0.333. The Bertz CT molecular complexity index is 529. The monoisotopic (exact) mass is 232 g/mol. The molecule has 5 nitrogen and oxygen atoms in total. The summed E-state index contributed by atoms with van der Waals surface area (Å²) >= 11 is 0. The Kier molecular flexibility index (Phi) is 3.39. The molecule has 17 heavy (non-hydrogen) atoms. The summed E-state index contributed by atoms with van der Waals surface area (Å²) in [5.74, 6) is 0.589. The van der Waals surface area contributed by atoms with Gasteiger partial charge in [0, 0.05) is 0 Å². The third kappa shape index (κ3) is 2.14. The van der Waals surface area contributed by atoms with Crippen molar-refractivity contribution < 1.29 is 0 Å². The van der Waals surface area contributed by atoms with Gasteiger partial charge >= 0.3 is 5.69 Å². The molecular formula is C12H16N4O. The van der Waals surface area contributed by atoms with E-state index in [-0.39, 0.29) is 18.3 Å². The molecule has 1 aromatic carbocycles. The van der Waals surface area contributed by atoms with Gasteiger partial charge in [-0.25, -0.2) is 9.89 Å². The average molecular weight is 232 g/mol. The van der Waals surface area contributed by atoms with Crippen LogP contribution in [0, 0.1) is 0 Å². The van der Waals surface area contributed by atoms with Crippen molar-refractivity contribution in [3.8, 4) is 0 Å². The first kappa shape index (κ1) is 11.6. The van der Waals surface area contributed by atoms with E-state index in [0.717, 1.165) is 12.0 Å². The molecule has 0 fully saturated rings. The van der Waals surface area contributed by atoms with Crippen LogP contribution in [0.25, 0.3) is 0 Å². The number of nitrogens with zero attached hydrogens (tertiary/aromatic N) is 2. The van der Waals surface area contributed by atoms with E-state index in [1.54, 1.807) is 4.57 Å². The van der Waals surface area contributed by atoms with E-state index in [2.05, 4.69) is 10.2 Å². The molecule has 0 bridgehead atoms. The van der Waals surface area contributed by atoms with E-state index in [4.69, 9.17) is 5.73 Å². The van der Waals surface area contributed by atoms with Crippen molar-refractivity contribution >= 4 is 0 Å². The second-order valence-electron chi connectivity index (χ2n) is 3.85. The van der Waals surface area contributed by atoms with Crippen molar-refractivity contribution in [1.82, 2.24) is 14.8 Å². The predicted octanol–water partition coefficient (Wildman–Crippen LogP) is 1.03. The highest BCUT2D eigenvalue weighted by Crippen LogP contribution is 2.20. The quantitative estimate of drug-likeness (QED) is 0.826. The van der Waals surface area contributed by atoms with Crippen molar-refractivity contribution in [1.29, 1.82) is 0 Å². The second-order valence-corrected chi connectivity index (χ2v) is 3.85. The third-order valence-corrected chi connectivity index (χ3v) is 2.84. The minimum absolute atomic E-state index is 0.0130. The highest BCUT2D eigenvalue weighted by atomic mass is 16.1. The maximum absolute atomic E-state index is 11.8. The third-order valence-electron chi connectivity index (χ3n) is 2.84. The number of aromatic nitrogens is 3. The lowest BCUT2D eigenvalue weighted by atomic mass is 10.0. The normalized spacial score (nSPS) is 12.6. The molecule has 1 aromatic heterocycles. The van der Waals surface area contributed by atoms with E-state index >= 15 is 0 Å². The van der Waals surface area contributed by atoms with Crippen LogP contribution in [-0.2, 0) is 6.54 Å². The topological polar surface area (TPSA) is 76.7 Å². The molecule has 0 amide bonds. The fourth-order valence-electron chi connectivity index (χ4n) is 2.05. The van der Waals surface area contributed by atoms with Crippen LogP contribution in [-0.4, -0.2) is 14.8 Å². The zero-order valence-corrected chi connectivity index (χ0v) is 9.76. The van der Waals surface area contributed by atoms with Gasteiger partial charge in [0.2, 0.25) is 0 Å². The van der Waals surface area contributed by atoms with Crippen LogP contribution in [0.4, 0.5) is 0 Å². The fourth-order valence-corrected chi connectivity index (χ4v) is 2.05. The summed E-state index contributed by atoms with van der Waals surface area (Å²) in [6.45, 7) is 2.29. The van der Waals surface area contributed by atoms with Crippen LogP contribution in [0.3, 0.4) is 0 Å². The Balaban J connectivity index is 2.49. The number of nitrogens with two attached hydrogens (primary N) is 1. The standard InChI is InChI=1S/C12H16N4O/c1-2-10(9-6-4-3-5-7-9)16-11(8-13)14-15-12(16)17/h3-7,10H,2,8,13H2,1H3,(H,15,17)/t10-/m0/s1. The molecule has 90 valence electrons. The van der Waals surface area contributed by atoms with Gasteiger partial charge in [0.1, 0.15) is 5.82 Å². The zero-order valence-electron chi connectivity index (χ0n) is 9.76. The van der Waals surface area contributed by atoms with E-state index in [0.29, 0.717) is 5.82 Å². The van der Waals surface area contributed by atoms with Gasteiger partial charge in [-0.15, -0.1) is 0 Å². The SMILES string of the molecule is CC[C@@H](c1ccccc1)n1c(CN)n[nH]c1=O. The Morgan fingerprint density at radius 2 is 2.12 bits per heavy atom. The van der Waals surface area contributed by atoms with Gasteiger partial charge in [-0.1, -0.05) is 37.3 Å². The van der Waals surface area contributed by atoms with Crippen molar-refractivity contribution in [3.63, 3.8) is 0 Å². The van der Waals surface area contributed by atoms with E-state index < -0.39 is 0 Å². The largest absolute Gasteiger partial charge is 0.343 e. The highest BCUT2D eigenvalue weighted by Gasteiger charge is 2.17. The number of H-pyrrole nitrogens is 1. The molecule has 0 unspecified atom stereocenters. The molecule has 0 aliphatic heterocycles. The van der Waals surface area contributed by atoms with Gasteiger partial charge < -0.3 is 5.73 Å². The molecule has 1 atom stereocenters. The maximum atomic E-state index is 11.8. The molecular weight excluding hydrogens is 216 g/mol. The van der Waals surface area contributed by atoms with Crippen molar-refractivity contribution in [2.75, 3.05) is 0 Å². The van der Waals surface area contributed by atoms with Gasteiger partial charge in [-0.05, 0) is 12.0 Å². The lowest BCUT2D eigenvalue weighted by Gasteiger charge is -2.17. The van der Waals surface area contributed by atoms with Crippen molar-refractivity contribution in [2.24, 2.45) is 5.73 Å². The van der Waals surface area contributed by atoms with Crippen molar-refractivity contribution in [2.45, 2.75) is 25.9 Å². The highest BCUT2D eigenvalue weighted by molar-refractivity contribution is 5.20. The van der Waals surface area contributed by atoms with E-state index in [1.165, 1.54) is 0 Å². The zero-order chi connectivity index (χ0) is 12.3. The van der Waals surface area contributed by atoms with Crippen molar-refractivity contribution in [3.05, 3.63) is 52.2 Å². The molecule has 3 N–H and O–H groups in total. The number of benzene rings is 1. The van der Waals surface area contributed by atoms with Crippen LogP contribution in [0.15, 0.2) is 35.1 Å².